The molecule has 1 N–H and O–H groups in total. The first-order valence-corrected chi connectivity index (χ1v) is 5.69. The molecular formula is C11H15ClN2O2. The van der Waals surface area contributed by atoms with E-state index in [0.29, 0.717) is 18.3 Å². The van der Waals surface area contributed by atoms with Crippen LogP contribution in [0.4, 0.5) is 5.69 Å². The number of morpholine rings is 1. The standard InChI is InChI=1S/C11H15ClN2O2/c1-8-7-16-10(6-15)5-14(8)9-2-3-13-11(12)4-9/h2-4,8,10,15H,5-7H2,1H3. The lowest BCUT2D eigenvalue weighted by Gasteiger charge is -2.39. The van der Waals surface area contributed by atoms with Gasteiger partial charge in [-0.2, -0.15) is 0 Å². The highest BCUT2D eigenvalue weighted by Gasteiger charge is 2.25. The summed E-state index contributed by atoms with van der Waals surface area (Å²) in [5.41, 5.74) is 1.02. The molecule has 2 unspecified atom stereocenters. The van der Waals surface area contributed by atoms with Gasteiger partial charge in [0.15, 0.2) is 0 Å². The van der Waals surface area contributed by atoms with E-state index in [1.165, 1.54) is 0 Å². The Bertz CT molecular complexity index is 362. The third-order valence-electron chi connectivity index (χ3n) is 2.75. The van der Waals surface area contributed by atoms with Crippen molar-refractivity contribution in [2.45, 2.75) is 19.1 Å². The van der Waals surface area contributed by atoms with Gasteiger partial charge < -0.3 is 14.7 Å². The molecule has 2 atom stereocenters. The first-order chi connectivity index (χ1) is 7.70. The smallest absolute Gasteiger partial charge is 0.131 e. The molecule has 0 saturated carbocycles. The zero-order valence-electron chi connectivity index (χ0n) is 9.14. The SMILES string of the molecule is CC1COC(CO)CN1c1ccnc(Cl)c1. The fraction of sp³-hybridized carbons (Fsp3) is 0.545. The molecule has 5 heteroatoms. The Morgan fingerprint density at radius 1 is 1.69 bits per heavy atom. The number of hydrogen-bond donors (Lipinski definition) is 1. The van der Waals surface area contributed by atoms with E-state index in [4.69, 9.17) is 21.4 Å². The predicted molar refractivity (Wildman–Crippen MR) is 62.9 cm³/mol. The molecule has 2 rings (SSSR count). The van der Waals surface area contributed by atoms with E-state index >= 15 is 0 Å². The Balaban J connectivity index is 2.17. The van der Waals surface area contributed by atoms with Crippen LogP contribution in [0.5, 0.6) is 0 Å². The molecule has 1 fully saturated rings. The Morgan fingerprint density at radius 2 is 2.50 bits per heavy atom. The van der Waals surface area contributed by atoms with Crippen LogP contribution in [-0.4, -0.2) is 42.0 Å². The van der Waals surface area contributed by atoms with Gasteiger partial charge in [-0.15, -0.1) is 0 Å². The minimum absolute atomic E-state index is 0.0437. The van der Waals surface area contributed by atoms with Crippen LogP contribution in [0, 0.1) is 0 Å². The number of aromatic nitrogens is 1. The van der Waals surface area contributed by atoms with Gasteiger partial charge >= 0.3 is 0 Å². The summed E-state index contributed by atoms with van der Waals surface area (Å²) in [5.74, 6) is 0. The van der Waals surface area contributed by atoms with Crippen LogP contribution in [0.15, 0.2) is 18.3 Å². The van der Waals surface area contributed by atoms with E-state index in [2.05, 4.69) is 16.8 Å². The number of ether oxygens (including phenoxy) is 1. The van der Waals surface area contributed by atoms with Crippen LogP contribution in [0.25, 0.3) is 0 Å². The first-order valence-electron chi connectivity index (χ1n) is 5.31. The molecule has 0 aliphatic carbocycles. The third-order valence-corrected chi connectivity index (χ3v) is 2.96. The van der Waals surface area contributed by atoms with Crippen LogP contribution in [-0.2, 0) is 4.74 Å². The van der Waals surface area contributed by atoms with Gasteiger partial charge in [-0.1, -0.05) is 11.6 Å². The molecule has 1 aromatic heterocycles. The van der Waals surface area contributed by atoms with E-state index in [9.17, 15) is 0 Å². The summed E-state index contributed by atoms with van der Waals surface area (Å²) >= 11 is 5.86. The van der Waals surface area contributed by atoms with Crippen LogP contribution in [0.3, 0.4) is 0 Å². The van der Waals surface area contributed by atoms with Crippen LogP contribution < -0.4 is 4.90 Å². The Labute approximate surface area is 99.8 Å². The minimum Gasteiger partial charge on any atom is -0.394 e. The van der Waals surface area contributed by atoms with E-state index in [-0.39, 0.29) is 18.8 Å². The van der Waals surface area contributed by atoms with Gasteiger partial charge in [0.05, 0.1) is 19.3 Å². The highest BCUT2D eigenvalue weighted by atomic mass is 35.5. The monoisotopic (exact) mass is 242 g/mol. The first kappa shape index (κ1) is 11.6. The number of aliphatic hydroxyl groups excluding tert-OH is 1. The molecule has 4 nitrogen and oxygen atoms in total. The fourth-order valence-electron chi connectivity index (χ4n) is 1.86. The van der Waals surface area contributed by atoms with Gasteiger partial charge in [0.25, 0.3) is 0 Å². The molecule has 16 heavy (non-hydrogen) atoms. The number of hydrogen-bond acceptors (Lipinski definition) is 4. The molecule has 88 valence electrons. The Hall–Kier alpha value is -0.840. The average Bonchev–Trinajstić information content (AvgIpc) is 2.30. The average molecular weight is 243 g/mol. The summed E-state index contributed by atoms with van der Waals surface area (Å²) < 4.78 is 5.48. The predicted octanol–water partition coefficient (Wildman–Crippen LogP) is 1.32. The van der Waals surface area contributed by atoms with Gasteiger partial charge in [0.1, 0.15) is 5.15 Å². The molecule has 0 spiro atoms. The summed E-state index contributed by atoms with van der Waals surface area (Å²) in [6.07, 6.45) is 1.57. The van der Waals surface area contributed by atoms with Crippen LogP contribution >= 0.6 is 11.6 Å². The second kappa shape index (κ2) is 4.99. The summed E-state index contributed by atoms with van der Waals surface area (Å²) in [7, 11) is 0. The van der Waals surface area contributed by atoms with Gasteiger partial charge in [-0.25, -0.2) is 4.98 Å². The molecule has 1 aromatic rings. The maximum Gasteiger partial charge on any atom is 0.131 e. The second-order valence-electron chi connectivity index (χ2n) is 3.98. The number of rotatable bonds is 2. The minimum atomic E-state index is -0.122. The largest absolute Gasteiger partial charge is 0.394 e. The van der Waals surface area contributed by atoms with Crippen molar-refractivity contribution in [2.24, 2.45) is 0 Å². The molecule has 0 aromatic carbocycles. The van der Waals surface area contributed by atoms with E-state index in [0.717, 1.165) is 5.69 Å². The van der Waals surface area contributed by atoms with Crippen molar-refractivity contribution >= 4 is 17.3 Å². The Kier molecular flexibility index (Phi) is 3.63. The van der Waals surface area contributed by atoms with Gasteiger partial charge in [-0.3, -0.25) is 0 Å². The van der Waals surface area contributed by atoms with Crippen molar-refractivity contribution in [1.82, 2.24) is 4.98 Å². The van der Waals surface area contributed by atoms with Gasteiger partial charge in [-0.05, 0) is 19.1 Å². The van der Waals surface area contributed by atoms with E-state index in [1.807, 2.05) is 12.1 Å². The number of anilines is 1. The summed E-state index contributed by atoms with van der Waals surface area (Å²) in [4.78, 5) is 6.14. The molecule has 0 bridgehead atoms. The van der Waals surface area contributed by atoms with Crippen LogP contribution in [0.2, 0.25) is 5.15 Å². The lowest BCUT2D eigenvalue weighted by Crippen LogP contribution is -2.49. The maximum absolute atomic E-state index is 9.11. The fourth-order valence-corrected chi connectivity index (χ4v) is 2.03. The Morgan fingerprint density at radius 3 is 3.19 bits per heavy atom. The molecular weight excluding hydrogens is 228 g/mol. The molecule has 1 aliphatic rings. The number of aliphatic hydroxyl groups is 1. The number of halogens is 1. The number of nitrogens with zero attached hydrogens (tertiary/aromatic N) is 2. The lowest BCUT2D eigenvalue weighted by molar-refractivity contribution is -0.0103. The van der Waals surface area contributed by atoms with Crippen molar-refractivity contribution in [3.8, 4) is 0 Å². The lowest BCUT2D eigenvalue weighted by atomic mass is 10.2. The van der Waals surface area contributed by atoms with E-state index in [1.54, 1.807) is 6.20 Å². The van der Waals surface area contributed by atoms with Crippen molar-refractivity contribution in [3.05, 3.63) is 23.5 Å². The molecule has 1 saturated heterocycles. The van der Waals surface area contributed by atoms with Gasteiger partial charge in [0.2, 0.25) is 0 Å². The van der Waals surface area contributed by atoms with Crippen molar-refractivity contribution in [1.29, 1.82) is 0 Å². The topological polar surface area (TPSA) is 45.6 Å². The zero-order valence-corrected chi connectivity index (χ0v) is 9.89. The summed E-state index contributed by atoms with van der Waals surface area (Å²) in [5, 5.41) is 9.59. The van der Waals surface area contributed by atoms with Crippen molar-refractivity contribution in [3.63, 3.8) is 0 Å². The third kappa shape index (κ3) is 2.45. The highest BCUT2D eigenvalue weighted by Crippen LogP contribution is 2.23. The molecule has 1 aliphatic heterocycles. The summed E-state index contributed by atoms with van der Waals surface area (Å²) in [6.45, 7) is 3.42. The molecule has 0 amide bonds. The normalized spacial score (nSPS) is 25.8. The molecule has 0 radical (unpaired) electrons. The van der Waals surface area contributed by atoms with Gasteiger partial charge in [0, 0.05) is 24.5 Å². The zero-order chi connectivity index (χ0) is 11.5. The maximum atomic E-state index is 9.11. The molecule has 2 heterocycles. The van der Waals surface area contributed by atoms with Crippen molar-refractivity contribution in [2.75, 3.05) is 24.7 Å². The van der Waals surface area contributed by atoms with Crippen LogP contribution in [0.1, 0.15) is 6.92 Å². The van der Waals surface area contributed by atoms with E-state index < -0.39 is 0 Å². The number of pyridine rings is 1. The summed E-state index contributed by atoms with van der Waals surface area (Å²) in [6, 6.07) is 4.03. The second-order valence-corrected chi connectivity index (χ2v) is 4.36. The highest BCUT2D eigenvalue weighted by molar-refractivity contribution is 6.29. The quantitative estimate of drug-likeness (QED) is 0.795. The van der Waals surface area contributed by atoms with Crippen molar-refractivity contribution < 1.29 is 9.84 Å².